The van der Waals surface area contributed by atoms with Crippen molar-refractivity contribution in [2.24, 2.45) is 0 Å². The lowest BCUT2D eigenvalue weighted by Gasteiger charge is -2.23. The number of halogens is 1. The minimum atomic E-state index is 0.332. The van der Waals surface area contributed by atoms with Gasteiger partial charge in [-0.3, -0.25) is 0 Å². The average Bonchev–Trinajstić information content (AvgIpc) is 3.14. The van der Waals surface area contributed by atoms with E-state index in [0.717, 1.165) is 12.5 Å². The molecule has 1 heterocycles. The van der Waals surface area contributed by atoms with Gasteiger partial charge in [0.15, 0.2) is 0 Å². The minimum Gasteiger partial charge on any atom is -0.374 e. The van der Waals surface area contributed by atoms with Gasteiger partial charge in [0.05, 0.1) is 6.10 Å². The van der Waals surface area contributed by atoms with Crippen LogP contribution in [0.25, 0.3) is 0 Å². The molecule has 0 aromatic heterocycles. The van der Waals surface area contributed by atoms with Gasteiger partial charge in [-0.25, -0.2) is 0 Å². The highest BCUT2D eigenvalue weighted by molar-refractivity contribution is 9.10. The Morgan fingerprint density at radius 1 is 1.12 bits per heavy atom. The molecule has 16 heavy (non-hydrogen) atoms. The SMILES string of the molecule is Brc1cc(C2CCCCO2)ccc1C1CC1. The zero-order chi connectivity index (χ0) is 11.0. The fraction of sp³-hybridized carbons (Fsp3) is 0.571. The summed E-state index contributed by atoms with van der Waals surface area (Å²) in [5.74, 6) is 0.815. The third-order valence-electron chi connectivity index (χ3n) is 3.59. The molecule has 0 N–H and O–H groups in total. The Bertz CT molecular complexity index is 378. The highest BCUT2D eigenvalue weighted by atomic mass is 79.9. The summed E-state index contributed by atoms with van der Waals surface area (Å²) in [6, 6.07) is 6.81. The lowest BCUT2D eigenvalue weighted by molar-refractivity contribution is 0.0149. The van der Waals surface area contributed by atoms with Gasteiger partial charge in [0.2, 0.25) is 0 Å². The van der Waals surface area contributed by atoms with Crippen molar-refractivity contribution in [3.8, 4) is 0 Å². The Hall–Kier alpha value is -0.340. The summed E-state index contributed by atoms with van der Waals surface area (Å²) in [5.41, 5.74) is 2.83. The maximum Gasteiger partial charge on any atom is 0.0825 e. The van der Waals surface area contributed by atoms with Crippen LogP contribution in [0.2, 0.25) is 0 Å². The normalized spacial score (nSPS) is 25.7. The molecule has 3 rings (SSSR count). The van der Waals surface area contributed by atoms with Crippen molar-refractivity contribution in [1.29, 1.82) is 0 Å². The quantitative estimate of drug-likeness (QED) is 0.771. The van der Waals surface area contributed by atoms with Crippen LogP contribution in [0.5, 0.6) is 0 Å². The number of hydrogen-bond acceptors (Lipinski definition) is 1. The van der Waals surface area contributed by atoms with Gasteiger partial charge >= 0.3 is 0 Å². The molecule has 1 aromatic carbocycles. The first kappa shape index (κ1) is 10.8. The van der Waals surface area contributed by atoms with Gasteiger partial charge in [0.25, 0.3) is 0 Å². The molecule has 0 spiro atoms. The van der Waals surface area contributed by atoms with Crippen LogP contribution in [0.3, 0.4) is 0 Å². The first-order valence-electron chi connectivity index (χ1n) is 6.25. The third-order valence-corrected chi connectivity index (χ3v) is 4.28. The zero-order valence-corrected chi connectivity index (χ0v) is 11.0. The molecular formula is C14H17BrO. The van der Waals surface area contributed by atoms with Gasteiger partial charge in [-0.2, -0.15) is 0 Å². The van der Waals surface area contributed by atoms with E-state index in [0.29, 0.717) is 6.10 Å². The van der Waals surface area contributed by atoms with Crippen LogP contribution in [0.4, 0.5) is 0 Å². The maximum absolute atomic E-state index is 5.81. The molecule has 0 radical (unpaired) electrons. The van der Waals surface area contributed by atoms with Crippen molar-refractivity contribution >= 4 is 15.9 Å². The highest BCUT2D eigenvalue weighted by Crippen LogP contribution is 2.44. The van der Waals surface area contributed by atoms with Crippen LogP contribution in [0.15, 0.2) is 22.7 Å². The van der Waals surface area contributed by atoms with E-state index in [1.165, 1.54) is 47.7 Å². The van der Waals surface area contributed by atoms with Gasteiger partial charge in [0, 0.05) is 11.1 Å². The summed E-state index contributed by atoms with van der Waals surface area (Å²) < 4.78 is 7.09. The van der Waals surface area contributed by atoms with Gasteiger partial charge < -0.3 is 4.74 Å². The van der Waals surface area contributed by atoms with E-state index in [9.17, 15) is 0 Å². The van der Waals surface area contributed by atoms with Gasteiger partial charge in [-0.05, 0) is 55.2 Å². The predicted octanol–water partition coefficient (Wildman–Crippen LogP) is 4.57. The van der Waals surface area contributed by atoms with Crippen molar-refractivity contribution < 1.29 is 4.74 Å². The van der Waals surface area contributed by atoms with E-state index in [4.69, 9.17) is 4.74 Å². The standard InChI is InChI=1S/C14H17BrO/c15-13-9-11(14-3-1-2-8-16-14)6-7-12(13)10-4-5-10/h6-7,9-10,14H,1-5,8H2. The van der Waals surface area contributed by atoms with E-state index >= 15 is 0 Å². The van der Waals surface area contributed by atoms with Crippen LogP contribution in [-0.2, 0) is 4.74 Å². The largest absolute Gasteiger partial charge is 0.374 e. The maximum atomic E-state index is 5.81. The zero-order valence-electron chi connectivity index (χ0n) is 9.42. The average molecular weight is 281 g/mol. The molecule has 1 saturated heterocycles. The Balaban J connectivity index is 1.81. The van der Waals surface area contributed by atoms with E-state index in [1.54, 1.807) is 0 Å². The van der Waals surface area contributed by atoms with Gasteiger partial charge in [-0.1, -0.05) is 28.1 Å². The molecule has 0 amide bonds. The molecule has 1 nitrogen and oxygen atoms in total. The summed E-state index contributed by atoms with van der Waals surface area (Å²) >= 11 is 3.70. The lowest BCUT2D eigenvalue weighted by Crippen LogP contribution is -2.11. The molecule has 1 aromatic rings. The van der Waals surface area contributed by atoms with E-state index in [2.05, 4.69) is 34.1 Å². The fourth-order valence-electron chi connectivity index (χ4n) is 2.47. The van der Waals surface area contributed by atoms with E-state index in [1.807, 2.05) is 0 Å². The summed E-state index contributed by atoms with van der Waals surface area (Å²) in [6.07, 6.45) is 6.74. The van der Waals surface area contributed by atoms with Crippen molar-refractivity contribution in [3.05, 3.63) is 33.8 Å². The first-order chi connectivity index (χ1) is 7.84. The van der Waals surface area contributed by atoms with E-state index in [-0.39, 0.29) is 0 Å². The van der Waals surface area contributed by atoms with Gasteiger partial charge in [-0.15, -0.1) is 0 Å². The van der Waals surface area contributed by atoms with Crippen LogP contribution >= 0.6 is 15.9 Å². The van der Waals surface area contributed by atoms with Crippen molar-refractivity contribution in [3.63, 3.8) is 0 Å². The molecule has 1 atom stereocenters. The summed E-state index contributed by atoms with van der Waals surface area (Å²) in [7, 11) is 0. The number of ether oxygens (including phenoxy) is 1. The molecule has 1 aliphatic carbocycles. The Kier molecular flexibility index (Phi) is 3.03. The fourth-order valence-corrected chi connectivity index (χ4v) is 3.19. The van der Waals surface area contributed by atoms with Crippen molar-refractivity contribution in [1.82, 2.24) is 0 Å². The van der Waals surface area contributed by atoms with Crippen molar-refractivity contribution in [2.45, 2.75) is 44.1 Å². The smallest absolute Gasteiger partial charge is 0.0825 e. The molecule has 2 fully saturated rings. The molecule has 0 bridgehead atoms. The molecule has 1 saturated carbocycles. The third kappa shape index (κ3) is 2.18. The second kappa shape index (κ2) is 4.50. The monoisotopic (exact) mass is 280 g/mol. The molecular weight excluding hydrogens is 264 g/mol. The molecule has 1 unspecified atom stereocenters. The van der Waals surface area contributed by atoms with Crippen molar-refractivity contribution in [2.75, 3.05) is 6.61 Å². The summed E-state index contributed by atoms with van der Waals surface area (Å²) in [6.45, 7) is 0.923. The van der Waals surface area contributed by atoms with Crippen LogP contribution in [-0.4, -0.2) is 6.61 Å². The second-order valence-corrected chi connectivity index (χ2v) is 5.76. The molecule has 2 aliphatic rings. The number of rotatable bonds is 2. The molecule has 2 heteroatoms. The number of hydrogen-bond donors (Lipinski definition) is 0. The predicted molar refractivity (Wildman–Crippen MR) is 68.7 cm³/mol. The van der Waals surface area contributed by atoms with Crippen LogP contribution < -0.4 is 0 Å². The minimum absolute atomic E-state index is 0.332. The second-order valence-electron chi connectivity index (χ2n) is 4.91. The Labute approximate surface area is 105 Å². The Morgan fingerprint density at radius 2 is 2.00 bits per heavy atom. The summed E-state index contributed by atoms with van der Waals surface area (Å²) in [5, 5.41) is 0. The van der Waals surface area contributed by atoms with Crippen LogP contribution in [0, 0.1) is 0 Å². The molecule has 86 valence electrons. The first-order valence-corrected chi connectivity index (χ1v) is 7.05. The summed E-state index contributed by atoms with van der Waals surface area (Å²) in [4.78, 5) is 0. The van der Waals surface area contributed by atoms with Gasteiger partial charge in [0.1, 0.15) is 0 Å². The Morgan fingerprint density at radius 3 is 2.62 bits per heavy atom. The lowest BCUT2D eigenvalue weighted by atomic mass is 9.99. The molecule has 1 aliphatic heterocycles. The number of benzene rings is 1. The van der Waals surface area contributed by atoms with Crippen LogP contribution in [0.1, 0.15) is 55.3 Å². The topological polar surface area (TPSA) is 9.23 Å². The van der Waals surface area contributed by atoms with E-state index < -0.39 is 0 Å². The highest BCUT2D eigenvalue weighted by Gasteiger charge is 2.26.